The molecule has 0 bridgehead atoms. The lowest BCUT2D eigenvalue weighted by Gasteiger charge is -2.11. The molecule has 0 amide bonds. The molecule has 0 radical (unpaired) electrons. The minimum atomic E-state index is 0.399. The third-order valence-electron chi connectivity index (χ3n) is 2.10. The van der Waals surface area contributed by atoms with Gasteiger partial charge in [-0.15, -0.1) is 5.92 Å². The van der Waals surface area contributed by atoms with E-state index < -0.39 is 0 Å². The zero-order valence-corrected chi connectivity index (χ0v) is 10.4. The molecule has 1 aromatic carbocycles. The second-order valence-corrected chi connectivity index (χ2v) is 3.62. The van der Waals surface area contributed by atoms with Gasteiger partial charge in [0.1, 0.15) is 12.4 Å². The SMILES string of the molecule is CC#CCOc1cccc(Cl)c1CNCC. The molecule has 0 fully saturated rings. The fourth-order valence-corrected chi connectivity index (χ4v) is 1.51. The Morgan fingerprint density at radius 1 is 1.44 bits per heavy atom. The minimum Gasteiger partial charge on any atom is -0.481 e. The number of halogens is 1. The molecule has 0 atom stereocenters. The van der Waals surface area contributed by atoms with Crippen molar-refractivity contribution in [1.29, 1.82) is 0 Å². The van der Waals surface area contributed by atoms with E-state index in [0.29, 0.717) is 13.2 Å². The summed E-state index contributed by atoms with van der Waals surface area (Å²) in [6.07, 6.45) is 0. The van der Waals surface area contributed by atoms with Crippen molar-refractivity contribution < 1.29 is 4.74 Å². The topological polar surface area (TPSA) is 21.3 Å². The number of rotatable bonds is 5. The molecular weight excluding hydrogens is 222 g/mol. The molecule has 1 N–H and O–H groups in total. The van der Waals surface area contributed by atoms with Crippen LogP contribution in [-0.4, -0.2) is 13.2 Å². The van der Waals surface area contributed by atoms with Crippen LogP contribution in [0, 0.1) is 11.8 Å². The van der Waals surface area contributed by atoms with Crippen molar-refractivity contribution in [2.75, 3.05) is 13.2 Å². The molecule has 0 aliphatic carbocycles. The summed E-state index contributed by atoms with van der Waals surface area (Å²) in [4.78, 5) is 0. The van der Waals surface area contributed by atoms with Crippen molar-refractivity contribution in [1.82, 2.24) is 5.32 Å². The van der Waals surface area contributed by atoms with E-state index in [1.807, 2.05) is 18.2 Å². The maximum atomic E-state index is 6.12. The number of hydrogen-bond donors (Lipinski definition) is 1. The van der Waals surface area contributed by atoms with Crippen LogP contribution in [0.2, 0.25) is 5.02 Å². The summed E-state index contributed by atoms with van der Waals surface area (Å²) in [6.45, 7) is 5.86. The minimum absolute atomic E-state index is 0.399. The summed E-state index contributed by atoms with van der Waals surface area (Å²) in [5.74, 6) is 6.46. The predicted octanol–water partition coefficient (Wildman–Crippen LogP) is 2.85. The van der Waals surface area contributed by atoms with E-state index in [9.17, 15) is 0 Å². The zero-order chi connectivity index (χ0) is 11.8. The predicted molar refractivity (Wildman–Crippen MR) is 67.8 cm³/mol. The highest BCUT2D eigenvalue weighted by Gasteiger charge is 2.06. The molecule has 1 aromatic rings. The second kappa shape index (κ2) is 7.16. The van der Waals surface area contributed by atoms with Crippen LogP contribution in [0.1, 0.15) is 19.4 Å². The number of nitrogens with one attached hydrogen (secondary N) is 1. The summed E-state index contributed by atoms with van der Waals surface area (Å²) in [6, 6.07) is 5.66. The zero-order valence-electron chi connectivity index (χ0n) is 9.64. The highest BCUT2D eigenvalue weighted by Crippen LogP contribution is 2.26. The standard InChI is InChI=1S/C13H16ClNO/c1-3-5-9-16-13-8-6-7-12(14)11(13)10-15-4-2/h6-8,15H,4,9-10H2,1-2H3. The number of hydrogen-bond acceptors (Lipinski definition) is 2. The lowest BCUT2D eigenvalue weighted by molar-refractivity contribution is 0.365. The maximum absolute atomic E-state index is 6.12. The summed E-state index contributed by atoms with van der Waals surface area (Å²) in [7, 11) is 0. The normalized spacial score (nSPS) is 9.44. The van der Waals surface area contributed by atoms with Gasteiger partial charge in [-0.05, 0) is 25.6 Å². The lowest BCUT2D eigenvalue weighted by Crippen LogP contribution is -2.13. The van der Waals surface area contributed by atoms with Gasteiger partial charge in [0.25, 0.3) is 0 Å². The summed E-state index contributed by atoms with van der Waals surface area (Å²) >= 11 is 6.12. The molecule has 0 aliphatic rings. The molecule has 0 heterocycles. The fourth-order valence-electron chi connectivity index (χ4n) is 1.28. The van der Waals surface area contributed by atoms with Gasteiger partial charge in [-0.25, -0.2) is 0 Å². The van der Waals surface area contributed by atoms with Gasteiger partial charge in [0.15, 0.2) is 0 Å². The Bertz CT molecular complexity index is 393. The molecule has 1 rings (SSSR count). The van der Waals surface area contributed by atoms with Crippen molar-refractivity contribution in [2.24, 2.45) is 0 Å². The second-order valence-electron chi connectivity index (χ2n) is 3.21. The van der Waals surface area contributed by atoms with E-state index in [0.717, 1.165) is 22.9 Å². The van der Waals surface area contributed by atoms with Gasteiger partial charge in [-0.1, -0.05) is 30.5 Å². The van der Waals surface area contributed by atoms with E-state index >= 15 is 0 Å². The molecule has 0 saturated carbocycles. The van der Waals surface area contributed by atoms with Crippen molar-refractivity contribution >= 4 is 11.6 Å². The average Bonchev–Trinajstić information content (AvgIpc) is 2.28. The summed E-state index contributed by atoms with van der Waals surface area (Å²) in [5, 5.41) is 3.96. The summed E-state index contributed by atoms with van der Waals surface area (Å²) < 4.78 is 5.56. The molecule has 0 saturated heterocycles. The van der Waals surface area contributed by atoms with E-state index in [2.05, 4.69) is 24.1 Å². The van der Waals surface area contributed by atoms with Gasteiger partial charge < -0.3 is 10.1 Å². The first-order chi connectivity index (χ1) is 7.79. The highest BCUT2D eigenvalue weighted by molar-refractivity contribution is 6.31. The first-order valence-electron chi connectivity index (χ1n) is 5.30. The van der Waals surface area contributed by atoms with E-state index in [1.54, 1.807) is 6.92 Å². The molecule has 86 valence electrons. The van der Waals surface area contributed by atoms with Crippen LogP contribution in [-0.2, 0) is 6.54 Å². The third-order valence-corrected chi connectivity index (χ3v) is 2.46. The number of benzene rings is 1. The van der Waals surface area contributed by atoms with E-state index in [1.165, 1.54) is 0 Å². The van der Waals surface area contributed by atoms with Crippen LogP contribution in [0.25, 0.3) is 0 Å². The quantitative estimate of drug-likeness (QED) is 0.796. The Kier molecular flexibility index (Phi) is 5.77. The fraction of sp³-hybridized carbons (Fsp3) is 0.385. The molecule has 0 aliphatic heterocycles. The van der Waals surface area contributed by atoms with Gasteiger partial charge in [0.2, 0.25) is 0 Å². The van der Waals surface area contributed by atoms with E-state index in [-0.39, 0.29) is 0 Å². The van der Waals surface area contributed by atoms with Crippen LogP contribution in [0.15, 0.2) is 18.2 Å². The molecule has 0 unspecified atom stereocenters. The Morgan fingerprint density at radius 2 is 2.25 bits per heavy atom. The van der Waals surface area contributed by atoms with Crippen molar-refractivity contribution in [2.45, 2.75) is 20.4 Å². The van der Waals surface area contributed by atoms with Crippen LogP contribution >= 0.6 is 11.6 Å². The molecule has 0 aromatic heterocycles. The molecule has 0 spiro atoms. The Hall–Kier alpha value is -1.17. The first kappa shape index (κ1) is 12.9. The Balaban J connectivity index is 2.78. The van der Waals surface area contributed by atoms with Crippen LogP contribution in [0.3, 0.4) is 0 Å². The van der Waals surface area contributed by atoms with Crippen LogP contribution in [0.4, 0.5) is 0 Å². The summed E-state index contributed by atoms with van der Waals surface area (Å²) in [5.41, 5.74) is 0.990. The Labute approximate surface area is 102 Å². The smallest absolute Gasteiger partial charge is 0.149 e. The van der Waals surface area contributed by atoms with Gasteiger partial charge in [0.05, 0.1) is 0 Å². The third kappa shape index (κ3) is 3.77. The first-order valence-corrected chi connectivity index (χ1v) is 5.68. The molecular formula is C13H16ClNO. The van der Waals surface area contributed by atoms with Gasteiger partial charge in [-0.2, -0.15) is 0 Å². The van der Waals surface area contributed by atoms with Gasteiger partial charge >= 0.3 is 0 Å². The van der Waals surface area contributed by atoms with Gasteiger partial charge in [-0.3, -0.25) is 0 Å². The van der Waals surface area contributed by atoms with Crippen LogP contribution in [0.5, 0.6) is 5.75 Å². The average molecular weight is 238 g/mol. The van der Waals surface area contributed by atoms with E-state index in [4.69, 9.17) is 16.3 Å². The highest BCUT2D eigenvalue weighted by atomic mass is 35.5. The number of ether oxygens (including phenoxy) is 1. The van der Waals surface area contributed by atoms with Crippen molar-refractivity contribution in [3.05, 3.63) is 28.8 Å². The Morgan fingerprint density at radius 3 is 2.94 bits per heavy atom. The monoisotopic (exact) mass is 237 g/mol. The van der Waals surface area contributed by atoms with Crippen molar-refractivity contribution in [3.8, 4) is 17.6 Å². The van der Waals surface area contributed by atoms with Gasteiger partial charge in [0, 0.05) is 17.1 Å². The largest absolute Gasteiger partial charge is 0.481 e. The van der Waals surface area contributed by atoms with Crippen molar-refractivity contribution in [3.63, 3.8) is 0 Å². The molecule has 16 heavy (non-hydrogen) atoms. The van der Waals surface area contributed by atoms with Crippen LogP contribution < -0.4 is 10.1 Å². The lowest BCUT2D eigenvalue weighted by atomic mass is 10.2. The maximum Gasteiger partial charge on any atom is 0.149 e. The molecule has 2 nitrogen and oxygen atoms in total. The molecule has 3 heteroatoms.